The summed E-state index contributed by atoms with van der Waals surface area (Å²) in [6.07, 6.45) is 0. The second-order valence-electron chi connectivity index (χ2n) is 4.27. The number of nitro groups is 1. The van der Waals surface area contributed by atoms with Crippen molar-refractivity contribution < 1.29 is 9.72 Å². The number of anilines is 1. The monoisotopic (exact) mass is 266 g/mol. The number of nitrogens with zero attached hydrogens (tertiary/aromatic N) is 2. The Kier molecular flexibility index (Phi) is 5.25. The highest BCUT2D eigenvalue weighted by molar-refractivity contribution is 6.01. The van der Waals surface area contributed by atoms with Crippen LogP contribution in [0.15, 0.2) is 18.2 Å². The number of hydrogen-bond acceptors (Lipinski definition) is 5. The van der Waals surface area contributed by atoms with Gasteiger partial charge in [-0.2, -0.15) is 0 Å². The van der Waals surface area contributed by atoms with Gasteiger partial charge in [-0.1, -0.05) is 6.07 Å². The second kappa shape index (κ2) is 6.69. The van der Waals surface area contributed by atoms with E-state index < -0.39 is 4.92 Å². The molecule has 19 heavy (non-hydrogen) atoms. The SMILES string of the molecule is CNc1c(C(=O)NCCN(C)C)cccc1[N+](=O)[O-]. The van der Waals surface area contributed by atoms with Gasteiger partial charge in [0.1, 0.15) is 5.69 Å². The van der Waals surface area contributed by atoms with Crippen molar-refractivity contribution in [1.29, 1.82) is 0 Å². The fourth-order valence-electron chi connectivity index (χ4n) is 1.63. The molecule has 0 radical (unpaired) electrons. The van der Waals surface area contributed by atoms with Crippen LogP contribution in [0.4, 0.5) is 11.4 Å². The molecule has 104 valence electrons. The minimum Gasteiger partial charge on any atom is -0.382 e. The fraction of sp³-hybridized carbons (Fsp3) is 0.417. The van der Waals surface area contributed by atoms with Gasteiger partial charge in [0.05, 0.1) is 10.5 Å². The zero-order valence-corrected chi connectivity index (χ0v) is 11.3. The summed E-state index contributed by atoms with van der Waals surface area (Å²) in [5, 5.41) is 16.3. The molecule has 0 spiro atoms. The van der Waals surface area contributed by atoms with Crippen LogP contribution in [0.25, 0.3) is 0 Å². The van der Waals surface area contributed by atoms with Crippen LogP contribution in [0.5, 0.6) is 0 Å². The van der Waals surface area contributed by atoms with E-state index in [4.69, 9.17) is 0 Å². The van der Waals surface area contributed by atoms with Crippen molar-refractivity contribution in [1.82, 2.24) is 10.2 Å². The number of para-hydroxylation sites is 1. The lowest BCUT2D eigenvalue weighted by Gasteiger charge is -2.12. The van der Waals surface area contributed by atoms with Crippen molar-refractivity contribution in [3.63, 3.8) is 0 Å². The first-order chi connectivity index (χ1) is 8.97. The first kappa shape index (κ1) is 14.9. The molecule has 0 heterocycles. The lowest BCUT2D eigenvalue weighted by Crippen LogP contribution is -2.31. The first-order valence-electron chi connectivity index (χ1n) is 5.85. The first-order valence-corrected chi connectivity index (χ1v) is 5.85. The van der Waals surface area contributed by atoms with E-state index in [2.05, 4.69) is 10.6 Å². The quantitative estimate of drug-likeness (QED) is 0.590. The summed E-state index contributed by atoms with van der Waals surface area (Å²) in [5.74, 6) is -0.324. The van der Waals surface area contributed by atoms with Crippen molar-refractivity contribution >= 4 is 17.3 Å². The third-order valence-electron chi connectivity index (χ3n) is 2.58. The molecule has 0 aromatic heterocycles. The number of nitrogens with one attached hydrogen (secondary N) is 2. The Balaban J connectivity index is 2.90. The molecule has 0 saturated carbocycles. The summed E-state index contributed by atoms with van der Waals surface area (Å²) in [6.45, 7) is 1.19. The molecule has 0 aliphatic carbocycles. The Bertz CT molecular complexity index is 474. The van der Waals surface area contributed by atoms with Crippen LogP contribution in [-0.4, -0.2) is 50.0 Å². The Morgan fingerprint density at radius 3 is 2.63 bits per heavy atom. The Hall–Kier alpha value is -2.15. The third kappa shape index (κ3) is 3.92. The van der Waals surface area contributed by atoms with Crippen LogP contribution < -0.4 is 10.6 Å². The maximum Gasteiger partial charge on any atom is 0.293 e. The van der Waals surface area contributed by atoms with E-state index in [9.17, 15) is 14.9 Å². The van der Waals surface area contributed by atoms with Crippen molar-refractivity contribution in [2.75, 3.05) is 39.5 Å². The predicted octanol–water partition coefficient (Wildman–Crippen LogP) is 0.928. The van der Waals surface area contributed by atoms with Gasteiger partial charge in [0.2, 0.25) is 0 Å². The fourth-order valence-corrected chi connectivity index (χ4v) is 1.63. The van der Waals surface area contributed by atoms with Crippen molar-refractivity contribution in [3.8, 4) is 0 Å². The van der Waals surface area contributed by atoms with Crippen LogP contribution in [0.3, 0.4) is 0 Å². The van der Waals surface area contributed by atoms with Crippen LogP contribution in [-0.2, 0) is 0 Å². The number of amides is 1. The molecule has 0 bridgehead atoms. The van der Waals surface area contributed by atoms with Gasteiger partial charge in [0, 0.05) is 26.2 Å². The standard InChI is InChI=1S/C12H18N4O3/c1-13-11-9(5-4-6-10(11)16(18)19)12(17)14-7-8-15(2)3/h4-6,13H,7-8H2,1-3H3,(H,14,17). The predicted molar refractivity (Wildman–Crippen MR) is 73.5 cm³/mol. The zero-order chi connectivity index (χ0) is 14.4. The Morgan fingerprint density at radius 2 is 2.11 bits per heavy atom. The number of likely N-dealkylation sites (N-methyl/N-ethyl adjacent to an activating group) is 1. The molecule has 1 aromatic carbocycles. The summed E-state index contributed by atoms with van der Waals surface area (Å²) < 4.78 is 0. The zero-order valence-electron chi connectivity index (χ0n) is 11.3. The van der Waals surface area contributed by atoms with Gasteiger partial charge in [0.15, 0.2) is 0 Å². The second-order valence-corrected chi connectivity index (χ2v) is 4.27. The molecule has 1 amide bonds. The maximum atomic E-state index is 12.0. The van der Waals surface area contributed by atoms with E-state index in [1.165, 1.54) is 12.1 Å². The Labute approximate surface area is 111 Å². The van der Waals surface area contributed by atoms with Crippen molar-refractivity contribution in [2.24, 2.45) is 0 Å². The highest BCUT2D eigenvalue weighted by Gasteiger charge is 2.20. The molecule has 1 rings (SSSR count). The smallest absolute Gasteiger partial charge is 0.293 e. The summed E-state index contributed by atoms with van der Waals surface area (Å²) >= 11 is 0. The largest absolute Gasteiger partial charge is 0.382 e. The van der Waals surface area contributed by atoms with Crippen LogP contribution in [0.2, 0.25) is 0 Å². The summed E-state index contributed by atoms with van der Waals surface area (Å²) in [7, 11) is 5.36. The van der Waals surface area contributed by atoms with Gasteiger partial charge < -0.3 is 15.5 Å². The van der Waals surface area contributed by atoms with E-state index in [1.54, 1.807) is 13.1 Å². The molecule has 7 nitrogen and oxygen atoms in total. The molecule has 0 atom stereocenters. The van der Waals surface area contributed by atoms with Gasteiger partial charge in [-0.25, -0.2) is 0 Å². The average Bonchev–Trinajstić information content (AvgIpc) is 2.36. The van der Waals surface area contributed by atoms with Crippen LogP contribution in [0.1, 0.15) is 10.4 Å². The van der Waals surface area contributed by atoms with Gasteiger partial charge >= 0.3 is 0 Å². The van der Waals surface area contributed by atoms with Crippen LogP contribution >= 0.6 is 0 Å². The molecule has 0 aliphatic heterocycles. The van der Waals surface area contributed by atoms with Gasteiger partial charge in [-0.3, -0.25) is 14.9 Å². The van der Waals surface area contributed by atoms with Gasteiger partial charge in [-0.05, 0) is 20.2 Å². The molecule has 0 aliphatic rings. The van der Waals surface area contributed by atoms with Gasteiger partial charge in [0.25, 0.3) is 11.6 Å². The minimum absolute atomic E-state index is 0.109. The molecule has 0 fully saturated rings. The number of benzene rings is 1. The average molecular weight is 266 g/mol. The van der Waals surface area contributed by atoms with Crippen molar-refractivity contribution in [2.45, 2.75) is 0 Å². The summed E-state index contributed by atoms with van der Waals surface area (Å²) in [4.78, 5) is 24.3. The number of carbonyl (C=O) groups is 1. The molecule has 2 N–H and O–H groups in total. The number of nitro benzene ring substituents is 1. The molecule has 1 aromatic rings. The molecular weight excluding hydrogens is 248 g/mol. The maximum absolute atomic E-state index is 12.0. The van der Waals surface area contributed by atoms with E-state index >= 15 is 0 Å². The number of hydrogen-bond donors (Lipinski definition) is 2. The highest BCUT2D eigenvalue weighted by atomic mass is 16.6. The lowest BCUT2D eigenvalue weighted by molar-refractivity contribution is -0.384. The molecule has 0 saturated heterocycles. The molecular formula is C12H18N4O3. The number of rotatable bonds is 6. The normalized spacial score (nSPS) is 10.3. The lowest BCUT2D eigenvalue weighted by atomic mass is 10.1. The Morgan fingerprint density at radius 1 is 1.42 bits per heavy atom. The number of carbonyl (C=O) groups excluding carboxylic acids is 1. The van der Waals surface area contributed by atoms with Crippen molar-refractivity contribution in [3.05, 3.63) is 33.9 Å². The van der Waals surface area contributed by atoms with E-state index in [-0.39, 0.29) is 22.8 Å². The topological polar surface area (TPSA) is 87.5 Å². The summed E-state index contributed by atoms with van der Waals surface area (Å²) in [5.41, 5.74) is 0.396. The van der Waals surface area contributed by atoms with E-state index in [1.807, 2.05) is 19.0 Å². The summed E-state index contributed by atoms with van der Waals surface area (Å²) in [6, 6.07) is 4.42. The third-order valence-corrected chi connectivity index (χ3v) is 2.58. The van der Waals surface area contributed by atoms with E-state index in [0.717, 1.165) is 0 Å². The van der Waals surface area contributed by atoms with E-state index in [0.29, 0.717) is 13.1 Å². The molecule has 7 heteroatoms. The van der Waals surface area contributed by atoms with Gasteiger partial charge in [-0.15, -0.1) is 0 Å². The molecule has 0 unspecified atom stereocenters. The highest BCUT2D eigenvalue weighted by Crippen LogP contribution is 2.27. The minimum atomic E-state index is -0.511. The van der Waals surface area contributed by atoms with Crippen LogP contribution in [0, 0.1) is 10.1 Å².